The molecule has 24 heavy (non-hydrogen) atoms. The summed E-state index contributed by atoms with van der Waals surface area (Å²) >= 11 is 0. The fourth-order valence-corrected chi connectivity index (χ4v) is 3.57. The van der Waals surface area contributed by atoms with Gasteiger partial charge in [0.25, 0.3) is 5.56 Å². The number of nitrogens with zero attached hydrogens (tertiary/aromatic N) is 3. The molecule has 0 aromatic carbocycles. The Bertz CT molecular complexity index is 891. The van der Waals surface area contributed by atoms with Crippen molar-refractivity contribution in [3.05, 3.63) is 40.7 Å². The van der Waals surface area contributed by atoms with Crippen LogP contribution in [0, 0.1) is 11.8 Å². The van der Waals surface area contributed by atoms with Gasteiger partial charge in [0.15, 0.2) is 0 Å². The van der Waals surface area contributed by atoms with E-state index in [1.807, 2.05) is 12.1 Å². The molecule has 0 saturated heterocycles. The summed E-state index contributed by atoms with van der Waals surface area (Å²) in [5.74, 6) is 2.19. The van der Waals surface area contributed by atoms with Crippen molar-refractivity contribution in [1.82, 2.24) is 25.1 Å². The molecule has 3 heterocycles. The average Bonchev–Trinajstić information content (AvgIpc) is 3.02. The van der Waals surface area contributed by atoms with E-state index in [4.69, 9.17) is 4.98 Å². The topological polar surface area (TPSA) is 87.3 Å². The molecule has 0 bridgehead atoms. The minimum Gasteiger partial charge on any atom is -0.309 e. The number of aromatic amines is 2. The van der Waals surface area contributed by atoms with E-state index >= 15 is 0 Å². The molecule has 4 rings (SSSR count). The van der Waals surface area contributed by atoms with Crippen LogP contribution < -0.4 is 5.56 Å². The minimum absolute atomic E-state index is 0.151. The largest absolute Gasteiger partial charge is 0.309 e. The van der Waals surface area contributed by atoms with Gasteiger partial charge in [-0.2, -0.15) is 5.10 Å². The molecule has 1 aliphatic rings. The zero-order valence-electron chi connectivity index (χ0n) is 13.7. The highest BCUT2D eigenvalue weighted by Gasteiger charge is 2.20. The molecule has 1 fully saturated rings. The Balaban J connectivity index is 1.69. The zero-order valence-corrected chi connectivity index (χ0v) is 13.7. The molecule has 0 amide bonds. The van der Waals surface area contributed by atoms with Crippen LogP contribution in [-0.2, 0) is 6.42 Å². The second-order valence-electron chi connectivity index (χ2n) is 6.88. The summed E-state index contributed by atoms with van der Waals surface area (Å²) in [5.41, 5.74) is 2.45. The van der Waals surface area contributed by atoms with Crippen LogP contribution >= 0.6 is 0 Å². The van der Waals surface area contributed by atoms with Crippen molar-refractivity contribution in [2.24, 2.45) is 11.8 Å². The number of rotatable bonds is 3. The molecule has 0 atom stereocenters. The number of aromatic nitrogens is 5. The fourth-order valence-electron chi connectivity index (χ4n) is 3.57. The van der Waals surface area contributed by atoms with Crippen molar-refractivity contribution in [1.29, 1.82) is 0 Å². The highest BCUT2D eigenvalue weighted by molar-refractivity contribution is 5.88. The maximum absolute atomic E-state index is 12.4. The molecule has 0 aliphatic heterocycles. The van der Waals surface area contributed by atoms with Crippen LogP contribution in [0.5, 0.6) is 0 Å². The second-order valence-corrected chi connectivity index (χ2v) is 6.88. The van der Waals surface area contributed by atoms with Gasteiger partial charge in [0.2, 0.25) is 0 Å². The Morgan fingerprint density at radius 3 is 2.83 bits per heavy atom. The van der Waals surface area contributed by atoms with Gasteiger partial charge in [-0.15, -0.1) is 0 Å². The number of H-pyrrole nitrogens is 2. The molecule has 0 unspecified atom stereocenters. The van der Waals surface area contributed by atoms with Crippen molar-refractivity contribution in [2.45, 2.75) is 39.0 Å². The molecule has 1 aliphatic carbocycles. The molecule has 124 valence electrons. The summed E-state index contributed by atoms with van der Waals surface area (Å²) in [6.07, 6.45) is 9.24. The fraction of sp³-hybridized carbons (Fsp3) is 0.444. The Kier molecular flexibility index (Phi) is 3.88. The lowest BCUT2D eigenvalue weighted by Crippen LogP contribution is -2.18. The Hall–Kier alpha value is -2.50. The Morgan fingerprint density at radius 1 is 1.25 bits per heavy atom. The third-order valence-corrected chi connectivity index (χ3v) is 5.02. The molecular weight excluding hydrogens is 302 g/mol. The van der Waals surface area contributed by atoms with Gasteiger partial charge in [0.05, 0.1) is 0 Å². The van der Waals surface area contributed by atoms with Gasteiger partial charge in [-0.3, -0.25) is 14.9 Å². The summed E-state index contributed by atoms with van der Waals surface area (Å²) in [6.45, 7) is 2.31. The maximum atomic E-state index is 12.4. The molecule has 3 aromatic heterocycles. The Morgan fingerprint density at radius 2 is 2.08 bits per heavy atom. The number of hydrogen-bond acceptors (Lipinski definition) is 4. The van der Waals surface area contributed by atoms with E-state index < -0.39 is 0 Å². The summed E-state index contributed by atoms with van der Waals surface area (Å²) in [7, 11) is 0. The molecule has 1 saturated carbocycles. The minimum atomic E-state index is -0.151. The number of fused-ring (bicyclic) bond motifs is 1. The number of nitrogens with one attached hydrogen (secondary N) is 2. The van der Waals surface area contributed by atoms with Gasteiger partial charge < -0.3 is 4.98 Å². The van der Waals surface area contributed by atoms with Gasteiger partial charge in [-0.1, -0.05) is 19.8 Å². The van der Waals surface area contributed by atoms with E-state index in [-0.39, 0.29) is 5.56 Å². The van der Waals surface area contributed by atoms with Gasteiger partial charge in [0, 0.05) is 24.4 Å². The first-order valence-corrected chi connectivity index (χ1v) is 8.58. The van der Waals surface area contributed by atoms with Gasteiger partial charge in [0.1, 0.15) is 22.6 Å². The van der Waals surface area contributed by atoms with Crippen molar-refractivity contribution in [3.63, 3.8) is 0 Å². The van der Waals surface area contributed by atoms with Crippen LogP contribution in [0.2, 0.25) is 0 Å². The molecule has 6 heteroatoms. The monoisotopic (exact) mass is 323 g/mol. The van der Waals surface area contributed by atoms with E-state index in [1.165, 1.54) is 25.7 Å². The standard InChI is InChI=1S/C18H21N5O/c1-11-4-6-12(7-5-11)9-14-20-16-15(13-3-2-8-19-10-13)22-23-17(16)18(24)21-14/h2-3,8,10-12H,4-7,9H2,1H3,(H,22,23)(H,20,21,24). The first-order chi connectivity index (χ1) is 11.7. The van der Waals surface area contributed by atoms with E-state index in [0.29, 0.717) is 22.6 Å². The van der Waals surface area contributed by atoms with Crippen molar-refractivity contribution in [2.75, 3.05) is 0 Å². The summed E-state index contributed by atoms with van der Waals surface area (Å²) in [4.78, 5) is 24.1. The van der Waals surface area contributed by atoms with Crippen molar-refractivity contribution in [3.8, 4) is 11.3 Å². The summed E-state index contributed by atoms with van der Waals surface area (Å²) in [5, 5.41) is 7.08. The van der Waals surface area contributed by atoms with Crippen LogP contribution in [0.4, 0.5) is 0 Å². The maximum Gasteiger partial charge on any atom is 0.276 e. The third-order valence-electron chi connectivity index (χ3n) is 5.02. The van der Waals surface area contributed by atoms with Crippen LogP contribution in [0.25, 0.3) is 22.3 Å². The third kappa shape index (κ3) is 2.84. The van der Waals surface area contributed by atoms with Crippen LogP contribution in [0.3, 0.4) is 0 Å². The highest BCUT2D eigenvalue weighted by atomic mass is 16.1. The van der Waals surface area contributed by atoms with Crippen molar-refractivity contribution < 1.29 is 0 Å². The highest BCUT2D eigenvalue weighted by Crippen LogP contribution is 2.30. The van der Waals surface area contributed by atoms with Crippen LogP contribution in [0.15, 0.2) is 29.3 Å². The predicted octanol–water partition coefficient (Wildman–Crippen LogP) is 3.08. The SMILES string of the molecule is CC1CCC(Cc2nc3c(-c4cccnc4)n[nH]c3c(=O)[nH]2)CC1. The van der Waals surface area contributed by atoms with Crippen LogP contribution in [0.1, 0.15) is 38.4 Å². The van der Waals surface area contributed by atoms with Crippen LogP contribution in [-0.4, -0.2) is 25.1 Å². The van der Waals surface area contributed by atoms with Crippen molar-refractivity contribution >= 4 is 11.0 Å². The molecule has 6 nitrogen and oxygen atoms in total. The lowest BCUT2D eigenvalue weighted by molar-refractivity contribution is 0.286. The van der Waals surface area contributed by atoms with E-state index in [1.54, 1.807) is 12.4 Å². The summed E-state index contributed by atoms with van der Waals surface area (Å²) < 4.78 is 0. The van der Waals surface area contributed by atoms with Gasteiger partial charge in [-0.25, -0.2) is 4.98 Å². The van der Waals surface area contributed by atoms with E-state index in [0.717, 1.165) is 23.7 Å². The lowest BCUT2D eigenvalue weighted by Gasteiger charge is -2.25. The normalized spacial score (nSPS) is 21.2. The average molecular weight is 323 g/mol. The number of hydrogen-bond donors (Lipinski definition) is 2. The second kappa shape index (κ2) is 6.19. The first kappa shape index (κ1) is 15.1. The van der Waals surface area contributed by atoms with E-state index in [2.05, 4.69) is 27.1 Å². The molecule has 0 spiro atoms. The first-order valence-electron chi connectivity index (χ1n) is 8.58. The zero-order chi connectivity index (χ0) is 16.5. The van der Waals surface area contributed by atoms with Gasteiger partial charge in [-0.05, 0) is 36.8 Å². The molecule has 2 N–H and O–H groups in total. The molecule has 3 aromatic rings. The number of pyridine rings is 1. The van der Waals surface area contributed by atoms with Gasteiger partial charge >= 0.3 is 0 Å². The van der Waals surface area contributed by atoms with E-state index in [9.17, 15) is 4.79 Å². The summed E-state index contributed by atoms with van der Waals surface area (Å²) in [6, 6.07) is 3.78. The molecule has 0 radical (unpaired) electrons. The lowest BCUT2D eigenvalue weighted by atomic mass is 9.81. The smallest absolute Gasteiger partial charge is 0.276 e. The Labute approximate surface area is 139 Å². The molecular formula is C18H21N5O. The quantitative estimate of drug-likeness (QED) is 0.775. The predicted molar refractivity (Wildman–Crippen MR) is 92.6 cm³/mol.